The van der Waals surface area contributed by atoms with E-state index in [9.17, 15) is 0 Å². The summed E-state index contributed by atoms with van der Waals surface area (Å²) in [5.74, 6) is 0. The van der Waals surface area contributed by atoms with Crippen molar-refractivity contribution >= 4 is 28.9 Å². The van der Waals surface area contributed by atoms with Gasteiger partial charge in [0.05, 0.1) is 27.6 Å². The zero-order chi connectivity index (χ0) is 10.1. The van der Waals surface area contributed by atoms with Gasteiger partial charge in [-0.05, 0) is 6.07 Å². The van der Waals surface area contributed by atoms with Gasteiger partial charge in [0.15, 0.2) is 0 Å². The molecular formula is C9H7Cl2N3. The molecule has 0 fully saturated rings. The van der Waals surface area contributed by atoms with Gasteiger partial charge in [0.2, 0.25) is 0 Å². The van der Waals surface area contributed by atoms with Gasteiger partial charge in [-0.2, -0.15) is 5.10 Å². The molecule has 0 unspecified atom stereocenters. The number of hydrogen-bond donors (Lipinski definition) is 2. The number of para-hydroxylation sites is 1. The number of benzene rings is 1. The van der Waals surface area contributed by atoms with E-state index in [0.29, 0.717) is 21.4 Å². The van der Waals surface area contributed by atoms with Gasteiger partial charge in [0.25, 0.3) is 0 Å². The number of anilines is 1. The third-order valence-electron chi connectivity index (χ3n) is 1.92. The second-order valence-corrected chi connectivity index (χ2v) is 3.61. The lowest BCUT2D eigenvalue weighted by Crippen LogP contribution is -1.91. The van der Waals surface area contributed by atoms with Crippen LogP contribution >= 0.6 is 23.2 Å². The van der Waals surface area contributed by atoms with E-state index in [1.165, 1.54) is 6.20 Å². The molecule has 0 saturated carbocycles. The van der Waals surface area contributed by atoms with Crippen LogP contribution in [0.25, 0.3) is 11.3 Å². The molecule has 3 nitrogen and oxygen atoms in total. The minimum Gasteiger partial charge on any atom is -0.397 e. The van der Waals surface area contributed by atoms with Crippen molar-refractivity contribution < 1.29 is 0 Å². The van der Waals surface area contributed by atoms with Gasteiger partial charge in [0.1, 0.15) is 0 Å². The van der Waals surface area contributed by atoms with E-state index in [0.717, 1.165) is 5.56 Å². The number of H-pyrrole nitrogens is 1. The Bertz CT molecular complexity index is 465. The number of nitrogens with one attached hydrogen (secondary N) is 1. The highest BCUT2D eigenvalue weighted by Crippen LogP contribution is 2.33. The first-order valence-corrected chi connectivity index (χ1v) is 4.69. The van der Waals surface area contributed by atoms with Gasteiger partial charge >= 0.3 is 0 Å². The summed E-state index contributed by atoms with van der Waals surface area (Å²) in [5, 5.41) is 7.62. The van der Waals surface area contributed by atoms with Crippen molar-refractivity contribution in [1.29, 1.82) is 0 Å². The van der Waals surface area contributed by atoms with E-state index in [-0.39, 0.29) is 0 Å². The molecule has 1 aromatic heterocycles. The standard InChI is InChI=1S/C9H7Cl2N3/c10-6-3-1-2-5(8(6)12)9-7(11)4-13-14-9/h1-4H,12H2,(H,13,14). The number of hydrogen-bond acceptors (Lipinski definition) is 2. The van der Waals surface area contributed by atoms with Gasteiger partial charge < -0.3 is 5.73 Å². The van der Waals surface area contributed by atoms with E-state index in [4.69, 9.17) is 28.9 Å². The van der Waals surface area contributed by atoms with Gasteiger partial charge in [0, 0.05) is 5.56 Å². The summed E-state index contributed by atoms with van der Waals surface area (Å²) >= 11 is 11.8. The quantitative estimate of drug-likeness (QED) is 0.737. The average molecular weight is 228 g/mol. The van der Waals surface area contributed by atoms with E-state index in [1.54, 1.807) is 6.07 Å². The maximum atomic E-state index is 5.91. The number of halogens is 2. The molecule has 0 saturated heterocycles. The number of rotatable bonds is 1. The molecule has 2 rings (SSSR count). The van der Waals surface area contributed by atoms with Crippen molar-refractivity contribution in [3.63, 3.8) is 0 Å². The highest BCUT2D eigenvalue weighted by Gasteiger charge is 2.10. The van der Waals surface area contributed by atoms with E-state index < -0.39 is 0 Å². The Hall–Kier alpha value is -1.19. The Balaban J connectivity index is 2.63. The van der Waals surface area contributed by atoms with Crippen LogP contribution in [0.15, 0.2) is 24.4 Å². The monoisotopic (exact) mass is 227 g/mol. The van der Waals surface area contributed by atoms with Crippen molar-refractivity contribution in [2.24, 2.45) is 0 Å². The summed E-state index contributed by atoms with van der Waals surface area (Å²) in [7, 11) is 0. The predicted molar refractivity (Wildman–Crippen MR) is 58.5 cm³/mol. The fraction of sp³-hybridized carbons (Fsp3) is 0. The Morgan fingerprint density at radius 3 is 2.64 bits per heavy atom. The van der Waals surface area contributed by atoms with Crippen LogP contribution in [0.1, 0.15) is 0 Å². The molecule has 0 spiro atoms. The van der Waals surface area contributed by atoms with Crippen LogP contribution in [0.2, 0.25) is 10.0 Å². The molecule has 72 valence electrons. The Morgan fingerprint density at radius 1 is 1.21 bits per heavy atom. The molecule has 3 N–H and O–H groups in total. The summed E-state index contributed by atoms with van der Waals surface area (Å²) in [6.07, 6.45) is 1.53. The number of nitrogen functional groups attached to an aromatic ring is 1. The van der Waals surface area contributed by atoms with Crippen LogP contribution in [0, 0.1) is 0 Å². The minimum absolute atomic E-state index is 0.500. The van der Waals surface area contributed by atoms with Gasteiger partial charge in [-0.15, -0.1) is 0 Å². The summed E-state index contributed by atoms with van der Waals surface area (Å²) in [6, 6.07) is 5.37. The topological polar surface area (TPSA) is 54.7 Å². The van der Waals surface area contributed by atoms with Crippen LogP contribution in [0.4, 0.5) is 5.69 Å². The van der Waals surface area contributed by atoms with Crippen LogP contribution in [0.5, 0.6) is 0 Å². The Kier molecular flexibility index (Phi) is 2.35. The number of nitrogens with two attached hydrogens (primary N) is 1. The molecule has 0 atom stereocenters. The lowest BCUT2D eigenvalue weighted by Gasteiger charge is -2.04. The summed E-state index contributed by atoms with van der Waals surface area (Å²) in [4.78, 5) is 0. The molecule has 1 heterocycles. The molecule has 0 radical (unpaired) electrons. The second-order valence-electron chi connectivity index (χ2n) is 2.79. The highest BCUT2D eigenvalue weighted by molar-refractivity contribution is 6.35. The summed E-state index contributed by atoms with van der Waals surface area (Å²) < 4.78 is 0. The van der Waals surface area contributed by atoms with Crippen molar-refractivity contribution in [2.45, 2.75) is 0 Å². The fourth-order valence-electron chi connectivity index (χ4n) is 1.22. The van der Waals surface area contributed by atoms with Crippen molar-refractivity contribution in [3.8, 4) is 11.3 Å². The molecule has 5 heteroatoms. The first-order chi connectivity index (χ1) is 6.70. The number of aromatic amines is 1. The first kappa shape index (κ1) is 9.37. The van der Waals surface area contributed by atoms with E-state index in [2.05, 4.69) is 10.2 Å². The van der Waals surface area contributed by atoms with Crippen molar-refractivity contribution in [1.82, 2.24) is 10.2 Å². The number of nitrogens with zero attached hydrogens (tertiary/aromatic N) is 1. The largest absolute Gasteiger partial charge is 0.397 e. The van der Waals surface area contributed by atoms with Crippen molar-refractivity contribution in [2.75, 3.05) is 5.73 Å². The Morgan fingerprint density at radius 2 is 2.00 bits per heavy atom. The molecule has 0 amide bonds. The maximum absolute atomic E-state index is 5.91. The van der Waals surface area contributed by atoms with E-state index in [1.807, 2.05) is 12.1 Å². The predicted octanol–water partition coefficient (Wildman–Crippen LogP) is 2.97. The van der Waals surface area contributed by atoms with Crippen LogP contribution in [-0.2, 0) is 0 Å². The highest BCUT2D eigenvalue weighted by atomic mass is 35.5. The molecular weight excluding hydrogens is 221 g/mol. The molecule has 0 aliphatic rings. The third kappa shape index (κ3) is 1.45. The summed E-state index contributed by atoms with van der Waals surface area (Å²) in [5.41, 5.74) is 7.76. The van der Waals surface area contributed by atoms with Gasteiger partial charge in [-0.1, -0.05) is 35.3 Å². The molecule has 1 aromatic carbocycles. The van der Waals surface area contributed by atoms with Crippen LogP contribution < -0.4 is 5.73 Å². The molecule has 2 aromatic rings. The zero-order valence-electron chi connectivity index (χ0n) is 7.09. The Labute approximate surface area is 90.8 Å². The number of aromatic nitrogens is 2. The molecule has 14 heavy (non-hydrogen) atoms. The summed E-state index contributed by atoms with van der Waals surface area (Å²) in [6.45, 7) is 0. The van der Waals surface area contributed by atoms with Gasteiger partial charge in [-0.3, -0.25) is 5.10 Å². The van der Waals surface area contributed by atoms with Crippen molar-refractivity contribution in [3.05, 3.63) is 34.4 Å². The smallest absolute Gasteiger partial charge is 0.0863 e. The average Bonchev–Trinajstić information content (AvgIpc) is 2.57. The van der Waals surface area contributed by atoms with Gasteiger partial charge in [-0.25, -0.2) is 0 Å². The van der Waals surface area contributed by atoms with E-state index >= 15 is 0 Å². The molecule has 0 bridgehead atoms. The maximum Gasteiger partial charge on any atom is 0.0863 e. The minimum atomic E-state index is 0.500. The molecule has 0 aliphatic carbocycles. The lowest BCUT2D eigenvalue weighted by atomic mass is 10.1. The lowest BCUT2D eigenvalue weighted by molar-refractivity contribution is 1.10. The SMILES string of the molecule is Nc1c(Cl)cccc1-c1[nH]ncc1Cl. The molecule has 0 aliphatic heterocycles. The normalized spacial score (nSPS) is 10.4. The first-order valence-electron chi connectivity index (χ1n) is 3.93. The zero-order valence-corrected chi connectivity index (χ0v) is 8.60. The third-order valence-corrected chi connectivity index (χ3v) is 2.53. The van der Waals surface area contributed by atoms with Crippen LogP contribution in [0.3, 0.4) is 0 Å². The fourth-order valence-corrected chi connectivity index (χ4v) is 1.58. The second kappa shape index (κ2) is 3.52. The van der Waals surface area contributed by atoms with Crippen LogP contribution in [-0.4, -0.2) is 10.2 Å².